The molecule has 5 nitrogen and oxygen atoms in total. The van der Waals surface area contributed by atoms with Crippen LogP contribution >= 0.6 is 11.6 Å². The minimum atomic E-state index is -0.176. The standard InChI is InChI=1S/C20H17ClN4O/c1-24-19(26)17-16(12-14-8-4-2-5-9-14)23-25(18(17)22-20(24)21)13-15-10-6-3-7-11-15/h2-11H,12-13H2,1H3. The zero-order valence-corrected chi connectivity index (χ0v) is 15.0. The Morgan fingerprint density at radius 2 is 1.58 bits per heavy atom. The first-order chi connectivity index (χ1) is 12.6. The van der Waals surface area contributed by atoms with Crippen LogP contribution < -0.4 is 5.56 Å². The van der Waals surface area contributed by atoms with Gasteiger partial charge in [0.2, 0.25) is 5.28 Å². The lowest BCUT2D eigenvalue weighted by atomic mass is 10.1. The predicted molar refractivity (Wildman–Crippen MR) is 103 cm³/mol. The van der Waals surface area contributed by atoms with E-state index in [1.54, 1.807) is 11.7 Å². The van der Waals surface area contributed by atoms with E-state index in [1.165, 1.54) is 4.57 Å². The molecule has 0 amide bonds. The van der Waals surface area contributed by atoms with Crippen LogP contribution in [0, 0.1) is 0 Å². The van der Waals surface area contributed by atoms with E-state index >= 15 is 0 Å². The summed E-state index contributed by atoms with van der Waals surface area (Å²) in [6.45, 7) is 0.530. The Labute approximate surface area is 155 Å². The summed E-state index contributed by atoms with van der Waals surface area (Å²) in [5, 5.41) is 5.39. The van der Waals surface area contributed by atoms with Gasteiger partial charge in [-0.3, -0.25) is 9.36 Å². The lowest BCUT2D eigenvalue weighted by Crippen LogP contribution is -2.19. The van der Waals surface area contributed by atoms with Gasteiger partial charge in [-0.2, -0.15) is 10.1 Å². The van der Waals surface area contributed by atoms with E-state index in [2.05, 4.69) is 4.98 Å². The number of rotatable bonds is 4. The minimum Gasteiger partial charge on any atom is -0.286 e. The maximum absolute atomic E-state index is 12.8. The summed E-state index contributed by atoms with van der Waals surface area (Å²) in [6, 6.07) is 19.9. The average Bonchev–Trinajstić information content (AvgIpc) is 2.98. The van der Waals surface area contributed by atoms with Gasteiger partial charge < -0.3 is 0 Å². The van der Waals surface area contributed by atoms with Crippen LogP contribution in [0.5, 0.6) is 0 Å². The van der Waals surface area contributed by atoms with Crippen molar-refractivity contribution in [2.45, 2.75) is 13.0 Å². The smallest absolute Gasteiger partial charge is 0.265 e. The van der Waals surface area contributed by atoms with Gasteiger partial charge in [0.15, 0.2) is 5.65 Å². The second-order valence-electron chi connectivity index (χ2n) is 6.20. The van der Waals surface area contributed by atoms with E-state index in [4.69, 9.17) is 16.7 Å². The number of fused-ring (bicyclic) bond motifs is 1. The van der Waals surface area contributed by atoms with E-state index in [1.807, 2.05) is 60.7 Å². The molecule has 0 aliphatic rings. The van der Waals surface area contributed by atoms with Crippen molar-refractivity contribution in [2.75, 3.05) is 0 Å². The molecule has 0 radical (unpaired) electrons. The molecule has 0 fully saturated rings. The number of nitrogens with zero attached hydrogens (tertiary/aromatic N) is 4. The Kier molecular flexibility index (Phi) is 4.31. The number of aromatic nitrogens is 4. The first kappa shape index (κ1) is 16.5. The third kappa shape index (κ3) is 3.02. The zero-order valence-electron chi connectivity index (χ0n) is 14.3. The maximum atomic E-state index is 12.8. The van der Waals surface area contributed by atoms with Gasteiger partial charge in [0.25, 0.3) is 5.56 Å². The molecule has 0 N–H and O–H groups in total. The lowest BCUT2D eigenvalue weighted by Gasteiger charge is -2.04. The molecule has 0 saturated carbocycles. The van der Waals surface area contributed by atoms with Gasteiger partial charge >= 0.3 is 0 Å². The third-order valence-electron chi connectivity index (χ3n) is 4.38. The van der Waals surface area contributed by atoms with E-state index < -0.39 is 0 Å². The van der Waals surface area contributed by atoms with Crippen molar-refractivity contribution in [3.8, 4) is 0 Å². The van der Waals surface area contributed by atoms with Crippen molar-refractivity contribution >= 4 is 22.6 Å². The first-order valence-electron chi connectivity index (χ1n) is 8.33. The van der Waals surface area contributed by atoms with Crippen LogP contribution in [0.4, 0.5) is 0 Å². The van der Waals surface area contributed by atoms with E-state index in [9.17, 15) is 4.79 Å². The Morgan fingerprint density at radius 3 is 2.23 bits per heavy atom. The first-order valence-corrected chi connectivity index (χ1v) is 8.71. The molecule has 4 rings (SSSR count). The van der Waals surface area contributed by atoms with Crippen LogP contribution in [0.25, 0.3) is 11.0 Å². The number of hydrogen-bond acceptors (Lipinski definition) is 3. The maximum Gasteiger partial charge on any atom is 0.265 e. The van der Waals surface area contributed by atoms with Crippen molar-refractivity contribution in [2.24, 2.45) is 7.05 Å². The van der Waals surface area contributed by atoms with E-state index in [-0.39, 0.29) is 10.8 Å². The Balaban J connectivity index is 1.88. The van der Waals surface area contributed by atoms with Crippen molar-refractivity contribution in [3.05, 3.63) is 93.1 Å². The molecule has 2 aromatic carbocycles. The summed E-state index contributed by atoms with van der Waals surface area (Å²) in [4.78, 5) is 17.2. The fourth-order valence-electron chi connectivity index (χ4n) is 3.03. The molecule has 26 heavy (non-hydrogen) atoms. The monoisotopic (exact) mass is 364 g/mol. The minimum absolute atomic E-state index is 0.156. The van der Waals surface area contributed by atoms with Crippen LogP contribution in [0.3, 0.4) is 0 Å². The highest BCUT2D eigenvalue weighted by molar-refractivity contribution is 6.28. The zero-order chi connectivity index (χ0) is 18.1. The fraction of sp³-hybridized carbons (Fsp3) is 0.150. The number of benzene rings is 2. The predicted octanol–water partition coefficient (Wildman–Crippen LogP) is 3.42. The van der Waals surface area contributed by atoms with E-state index in [0.717, 1.165) is 11.1 Å². The topological polar surface area (TPSA) is 52.7 Å². The summed E-state index contributed by atoms with van der Waals surface area (Å²) in [6.07, 6.45) is 0.567. The quantitative estimate of drug-likeness (QED) is 0.521. The average molecular weight is 365 g/mol. The highest BCUT2D eigenvalue weighted by atomic mass is 35.5. The SMILES string of the molecule is Cn1c(Cl)nc2c(c(Cc3ccccc3)nn2Cc2ccccc2)c1=O. The van der Waals surface area contributed by atoms with Crippen LogP contribution in [-0.4, -0.2) is 19.3 Å². The highest BCUT2D eigenvalue weighted by Gasteiger charge is 2.18. The Bertz CT molecular complexity index is 1120. The summed E-state index contributed by atoms with van der Waals surface area (Å²) in [5.41, 5.74) is 3.24. The van der Waals surface area contributed by atoms with Gasteiger partial charge in [0.05, 0.1) is 12.2 Å². The molecule has 0 aliphatic carbocycles. The fourth-order valence-corrected chi connectivity index (χ4v) is 3.18. The summed E-state index contributed by atoms with van der Waals surface area (Å²) in [5.74, 6) is 0. The van der Waals surface area contributed by atoms with Crippen molar-refractivity contribution in [3.63, 3.8) is 0 Å². The van der Waals surface area contributed by atoms with Gasteiger partial charge in [0.1, 0.15) is 5.39 Å². The molecular weight excluding hydrogens is 348 g/mol. The summed E-state index contributed by atoms with van der Waals surface area (Å²) < 4.78 is 3.11. The van der Waals surface area contributed by atoms with Gasteiger partial charge in [0, 0.05) is 13.5 Å². The normalized spacial score (nSPS) is 11.2. The van der Waals surface area contributed by atoms with Crippen LogP contribution in [0.2, 0.25) is 5.28 Å². The molecular formula is C20H17ClN4O. The molecule has 4 aromatic rings. The molecule has 0 atom stereocenters. The van der Waals surface area contributed by atoms with Gasteiger partial charge in [-0.1, -0.05) is 60.7 Å². The number of hydrogen-bond donors (Lipinski definition) is 0. The lowest BCUT2D eigenvalue weighted by molar-refractivity contribution is 0.689. The second kappa shape index (κ2) is 6.77. The molecule has 0 unspecified atom stereocenters. The summed E-state index contributed by atoms with van der Waals surface area (Å²) in [7, 11) is 1.62. The molecule has 2 aromatic heterocycles. The van der Waals surface area contributed by atoms with E-state index in [0.29, 0.717) is 29.7 Å². The van der Waals surface area contributed by atoms with Gasteiger partial charge in [-0.05, 0) is 22.7 Å². The van der Waals surface area contributed by atoms with Crippen LogP contribution in [0.15, 0.2) is 65.5 Å². The van der Waals surface area contributed by atoms with Crippen LogP contribution in [-0.2, 0) is 20.0 Å². The van der Waals surface area contributed by atoms with Gasteiger partial charge in [-0.25, -0.2) is 4.68 Å². The highest BCUT2D eigenvalue weighted by Crippen LogP contribution is 2.19. The summed E-state index contributed by atoms with van der Waals surface area (Å²) >= 11 is 6.15. The van der Waals surface area contributed by atoms with Crippen molar-refractivity contribution in [1.29, 1.82) is 0 Å². The Hall–Kier alpha value is -2.92. The largest absolute Gasteiger partial charge is 0.286 e. The van der Waals surface area contributed by atoms with Crippen molar-refractivity contribution in [1.82, 2.24) is 19.3 Å². The van der Waals surface area contributed by atoms with Crippen molar-refractivity contribution < 1.29 is 0 Å². The molecule has 0 saturated heterocycles. The molecule has 6 heteroatoms. The molecule has 0 aliphatic heterocycles. The molecule has 2 heterocycles. The molecule has 0 spiro atoms. The van der Waals surface area contributed by atoms with Crippen LogP contribution in [0.1, 0.15) is 16.8 Å². The second-order valence-corrected chi connectivity index (χ2v) is 6.53. The molecule has 0 bridgehead atoms. The third-order valence-corrected chi connectivity index (χ3v) is 4.72. The number of halogens is 1. The van der Waals surface area contributed by atoms with Gasteiger partial charge in [-0.15, -0.1) is 0 Å². The Morgan fingerprint density at radius 1 is 0.962 bits per heavy atom. The molecule has 130 valence electrons.